The number of nitrogens with zero attached hydrogens (tertiary/aromatic N) is 1. The summed E-state index contributed by atoms with van der Waals surface area (Å²) in [4.78, 5) is 28.9. The maximum absolute atomic E-state index is 14.5. The highest BCUT2D eigenvalue weighted by Gasteiger charge is 2.43. The fourth-order valence-corrected chi connectivity index (χ4v) is 6.89. The second-order valence-electron chi connectivity index (χ2n) is 13.4. The summed E-state index contributed by atoms with van der Waals surface area (Å²) in [5.74, 6) is -0.0328. The SMILES string of the molecule is CC(C)C[C@H](O)[C@H](O)[C@H](CC1CCCCC1)N(CC1(O)CCCCC1)C(=O)[C@@H](CC(=O)NCCO)CC1CC1. The molecule has 0 saturated heterocycles. The number of hydrogen-bond donors (Lipinski definition) is 5. The average molecular weight is 553 g/mol. The number of aliphatic hydroxyl groups excluding tert-OH is 3. The van der Waals surface area contributed by atoms with Crippen molar-refractivity contribution < 1.29 is 30.0 Å². The van der Waals surface area contributed by atoms with Crippen LogP contribution in [0.25, 0.3) is 0 Å². The van der Waals surface area contributed by atoms with Crippen molar-refractivity contribution in [2.45, 2.75) is 140 Å². The predicted molar refractivity (Wildman–Crippen MR) is 152 cm³/mol. The molecule has 0 bridgehead atoms. The van der Waals surface area contributed by atoms with Gasteiger partial charge in [-0.05, 0) is 49.9 Å². The molecule has 8 heteroatoms. The zero-order chi connectivity index (χ0) is 28.4. The van der Waals surface area contributed by atoms with Crippen LogP contribution in [0.4, 0.5) is 0 Å². The van der Waals surface area contributed by atoms with Crippen LogP contribution in [0.3, 0.4) is 0 Å². The van der Waals surface area contributed by atoms with Gasteiger partial charge in [0.25, 0.3) is 0 Å². The molecule has 0 radical (unpaired) electrons. The Labute approximate surface area is 235 Å². The Kier molecular flexibility index (Phi) is 13.0. The number of amides is 2. The third kappa shape index (κ3) is 10.6. The van der Waals surface area contributed by atoms with E-state index in [2.05, 4.69) is 5.32 Å². The molecule has 0 aliphatic heterocycles. The van der Waals surface area contributed by atoms with Gasteiger partial charge in [0, 0.05) is 25.4 Å². The lowest BCUT2D eigenvalue weighted by atomic mass is 9.79. The molecule has 226 valence electrons. The van der Waals surface area contributed by atoms with Crippen molar-refractivity contribution in [1.29, 1.82) is 0 Å². The van der Waals surface area contributed by atoms with Crippen molar-refractivity contribution in [3.63, 3.8) is 0 Å². The Hall–Kier alpha value is -1.22. The lowest BCUT2D eigenvalue weighted by Gasteiger charge is -2.45. The molecule has 0 aromatic carbocycles. The smallest absolute Gasteiger partial charge is 0.226 e. The van der Waals surface area contributed by atoms with Gasteiger partial charge in [0.2, 0.25) is 11.8 Å². The largest absolute Gasteiger partial charge is 0.395 e. The molecular formula is C31H56N2O6. The van der Waals surface area contributed by atoms with Crippen molar-refractivity contribution in [2.75, 3.05) is 19.7 Å². The predicted octanol–water partition coefficient (Wildman–Crippen LogP) is 3.53. The highest BCUT2D eigenvalue weighted by Crippen LogP contribution is 2.39. The standard InChI is InChI=1S/C31H56N2O6/c1-22(2)17-27(35)29(37)26(19-23-9-5-3-6-10-23)33(21-31(39)13-7-4-8-14-31)30(38)25(18-24-11-12-24)20-28(36)32-15-16-34/h22-27,29,34-35,37,39H,3-21H2,1-2H3,(H,32,36)/t25-,26+,27+,29-/m1/s1. The van der Waals surface area contributed by atoms with Crippen LogP contribution < -0.4 is 5.32 Å². The van der Waals surface area contributed by atoms with Gasteiger partial charge in [-0.25, -0.2) is 0 Å². The fraction of sp³-hybridized carbons (Fsp3) is 0.935. The first-order chi connectivity index (χ1) is 18.6. The van der Waals surface area contributed by atoms with Crippen LogP contribution in [-0.2, 0) is 9.59 Å². The van der Waals surface area contributed by atoms with E-state index in [0.717, 1.165) is 57.8 Å². The maximum Gasteiger partial charge on any atom is 0.226 e. The van der Waals surface area contributed by atoms with Crippen LogP contribution in [0, 0.1) is 23.7 Å². The number of rotatable bonds is 16. The van der Waals surface area contributed by atoms with Gasteiger partial charge in [0.1, 0.15) is 6.10 Å². The highest BCUT2D eigenvalue weighted by molar-refractivity contribution is 5.86. The minimum Gasteiger partial charge on any atom is -0.395 e. The molecule has 3 saturated carbocycles. The molecule has 3 aliphatic carbocycles. The number of hydrogen-bond acceptors (Lipinski definition) is 6. The van der Waals surface area contributed by atoms with Crippen LogP contribution in [0.1, 0.15) is 117 Å². The zero-order valence-corrected chi connectivity index (χ0v) is 24.5. The number of carbonyl (C=O) groups excluding carboxylic acids is 2. The molecule has 0 heterocycles. The van der Waals surface area contributed by atoms with Crippen LogP contribution in [0.15, 0.2) is 0 Å². The van der Waals surface area contributed by atoms with Crippen molar-refractivity contribution in [2.24, 2.45) is 23.7 Å². The van der Waals surface area contributed by atoms with Gasteiger partial charge in [-0.1, -0.05) is 78.1 Å². The van der Waals surface area contributed by atoms with E-state index in [1.165, 1.54) is 6.42 Å². The van der Waals surface area contributed by atoms with E-state index in [0.29, 0.717) is 43.9 Å². The molecule has 3 rings (SSSR count). The normalized spacial score (nSPS) is 23.2. The first-order valence-electron chi connectivity index (χ1n) is 15.9. The monoisotopic (exact) mass is 552 g/mol. The van der Waals surface area contributed by atoms with Gasteiger partial charge in [-0.2, -0.15) is 0 Å². The lowest BCUT2D eigenvalue weighted by Crippen LogP contribution is -2.58. The second kappa shape index (κ2) is 15.7. The summed E-state index contributed by atoms with van der Waals surface area (Å²) in [6.45, 7) is 4.15. The molecule has 3 fully saturated rings. The molecule has 0 spiro atoms. The molecule has 5 N–H and O–H groups in total. The Bertz CT molecular complexity index is 745. The third-order valence-corrected chi connectivity index (χ3v) is 9.26. The summed E-state index contributed by atoms with van der Waals surface area (Å²) < 4.78 is 0. The van der Waals surface area contributed by atoms with Crippen molar-refractivity contribution >= 4 is 11.8 Å². The topological polar surface area (TPSA) is 130 Å². The molecule has 4 atom stereocenters. The first kappa shape index (κ1) is 32.3. The zero-order valence-electron chi connectivity index (χ0n) is 24.5. The van der Waals surface area contributed by atoms with E-state index in [1.807, 2.05) is 13.8 Å². The highest BCUT2D eigenvalue weighted by atomic mass is 16.3. The van der Waals surface area contributed by atoms with Crippen molar-refractivity contribution in [3.05, 3.63) is 0 Å². The lowest BCUT2D eigenvalue weighted by molar-refractivity contribution is -0.153. The van der Waals surface area contributed by atoms with E-state index >= 15 is 0 Å². The quantitative estimate of drug-likeness (QED) is 0.199. The Morgan fingerprint density at radius 3 is 2.13 bits per heavy atom. The summed E-state index contributed by atoms with van der Waals surface area (Å²) in [7, 11) is 0. The minimum absolute atomic E-state index is 0.0328. The Morgan fingerprint density at radius 2 is 1.54 bits per heavy atom. The van der Waals surface area contributed by atoms with Crippen LogP contribution in [0.2, 0.25) is 0 Å². The Morgan fingerprint density at radius 1 is 0.923 bits per heavy atom. The van der Waals surface area contributed by atoms with Gasteiger partial charge in [0.05, 0.1) is 24.4 Å². The molecule has 0 aromatic heterocycles. The van der Waals surface area contributed by atoms with E-state index in [9.17, 15) is 24.9 Å². The van der Waals surface area contributed by atoms with Gasteiger partial charge in [-0.3, -0.25) is 9.59 Å². The van der Waals surface area contributed by atoms with Crippen molar-refractivity contribution in [1.82, 2.24) is 10.2 Å². The summed E-state index contributed by atoms with van der Waals surface area (Å²) in [6, 6.07) is -0.609. The van der Waals surface area contributed by atoms with E-state index in [4.69, 9.17) is 5.11 Å². The maximum atomic E-state index is 14.5. The summed E-state index contributed by atoms with van der Waals surface area (Å²) in [5.41, 5.74) is -1.02. The minimum atomic E-state index is -1.12. The molecular weight excluding hydrogens is 496 g/mol. The molecule has 39 heavy (non-hydrogen) atoms. The van der Waals surface area contributed by atoms with Crippen LogP contribution >= 0.6 is 0 Å². The molecule has 0 unspecified atom stereocenters. The van der Waals surface area contributed by atoms with Gasteiger partial charge in [-0.15, -0.1) is 0 Å². The van der Waals surface area contributed by atoms with Gasteiger partial charge in [0.15, 0.2) is 0 Å². The number of carbonyl (C=O) groups is 2. The molecule has 8 nitrogen and oxygen atoms in total. The molecule has 2 amide bonds. The summed E-state index contributed by atoms with van der Waals surface area (Å²) in [6.07, 6.45) is 11.4. The summed E-state index contributed by atoms with van der Waals surface area (Å²) >= 11 is 0. The number of aliphatic hydroxyl groups is 4. The summed E-state index contributed by atoms with van der Waals surface area (Å²) in [5, 5.41) is 46.2. The first-order valence-corrected chi connectivity index (χ1v) is 15.9. The molecule has 3 aliphatic rings. The van der Waals surface area contributed by atoms with E-state index in [1.54, 1.807) is 4.90 Å². The van der Waals surface area contributed by atoms with Gasteiger partial charge >= 0.3 is 0 Å². The third-order valence-electron chi connectivity index (χ3n) is 9.26. The fourth-order valence-electron chi connectivity index (χ4n) is 6.89. The molecule has 0 aromatic rings. The van der Waals surface area contributed by atoms with Crippen LogP contribution in [0.5, 0.6) is 0 Å². The average Bonchev–Trinajstić information content (AvgIpc) is 3.73. The van der Waals surface area contributed by atoms with E-state index in [-0.39, 0.29) is 43.8 Å². The number of nitrogens with one attached hydrogen (secondary N) is 1. The van der Waals surface area contributed by atoms with Crippen LogP contribution in [-0.4, -0.2) is 80.7 Å². The second-order valence-corrected chi connectivity index (χ2v) is 13.4. The van der Waals surface area contributed by atoms with Gasteiger partial charge < -0.3 is 30.6 Å². The van der Waals surface area contributed by atoms with Crippen molar-refractivity contribution in [3.8, 4) is 0 Å². The Balaban J connectivity index is 1.93. The van der Waals surface area contributed by atoms with E-state index < -0.39 is 29.8 Å².